The molecule has 8 N–H and O–H groups in total. The van der Waals surface area contributed by atoms with Crippen LogP contribution in [0.5, 0.6) is 5.75 Å². The van der Waals surface area contributed by atoms with Gasteiger partial charge in [0.05, 0.1) is 6.04 Å². The highest BCUT2D eigenvalue weighted by molar-refractivity contribution is 5.94. The average Bonchev–Trinajstić information content (AvgIpc) is 2.80. The number of nitrogens with one attached hydrogen (secondary N) is 3. The van der Waals surface area contributed by atoms with Gasteiger partial charge in [-0.3, -0.25) is 19.2 Å². The van der Waals surface area contributed by atoms with Crippen LogP contribution in [-0.4, -0.2) is 69.1 Å². The number of hydrogen-bond donors (Lipinski definition) is 7. The number of aliphatic carboxylic acids is 2. The fourth-order valence-electron chi connectivity index (χ4n) is 3.13. The van der Waals surface area contributed by atoms with Crippen LogP contribution in [-0.2, 0) is 30.4 Å². The summed E-state index contributed by atoms with van der Waals surface area (Å²) >= 11 is 0. The van der Waals surface area contributed by atoms with Crippen LogP contribution in [0, 0.1) is 5.92 Å². The van der Waals surface area contributed by atoms with Crippen molar-refractivity contribution < 1.29 is 39.3 Å². The first-order chi connectivity index (χ1) is 16.3. The zero-order valence-electron chi connectivity index (χ0n) is 20.0. The van der Waals surface area contributed by atoms with Crippen LogP contribution < -0.4 is 21.7 Å². The molecule has 0 aliphatic heterocycles. The second-order valence-corrected chi connectivity index (χ2v) is 8.41. The van der Waals surface area contributed by atoms with E-state index in [0.717, 1.165) is 0 Å². The Hall–Kier alpha value is -3.67. The van der Waals surface area contributed by atoms with Gasteiger partial charge < -0.3 is 37.0 Å². The average molecular weight is 495 g/mol. The lowest BCUT2D eigenvalue weighted by atomic mass is 9.99. The van der Waals surface area contributed by atoms with Crippen molar-refractivity contribution in [1.29, 1.82) is 0 Å². The summed E-state index contributed by atoms with van der Waals surface area (Å²) in [5.41, 5.74) is 6.59. The van der Waals surface area contributed by atoms with Crippen LogP contribution in [0.1, 0.15) is 45.6 Å². The summed E-state index contributed by atoms with van der Waals surface area (Å²) in [7, 11) is 0. The third-order valence-corrected chi connectivity index (χ3v) is 5.54. The minimum Gasteiger partial charge on any atom is -0.508 e. The molecule has 0 aliphatic carbocycles. The zero-order chi connectivity index (χ0) is 26.7. The molecule has 0 heterocycles. The first-order valence-electron chi connectivity index (χ1n) is 11.2. The SMILES string of the molecule is CCC(C)C(NC(=O)C(C)NC(=O)C(CCC(=O)O)NC(=O)C(N)Cc1ccc(O)cc1)C(=O)O. The highest BCUT2D eigenvalue weighted by Crippen LogP contribution is 2.11. The standard InChI is InChI=1S/C23H34N4O8/c1-4-12(2)19(23(34)35)27-20(31)13(3)25-22(33)17(9-10-18(29)30)26-21(32)16(24)11-14-5-7-15(28)8-6-14/h5-8,12-13,16-17,19,28H,4,9-11,24H2,1-3H3,(H,25,33)(H,26,32)(H,27,31)(H,29,30)(H,34,35). The van der Waals surface area contributed by atoms with Crippen LogP contribution in [0.3, 0.4) is 0 Å². The predicted molar refractivity (Wildman–Crippen MR) is 125 cm³/mol. The Labute approximate surface area is 203 Å². The molecule has 5 atom stereocenters. The number of amides is 3. The van der Waals surface area contributed by atoms with Crippen LogP contribution >= 0.6 is 0 Å². The lowest BCUT2D eigenvalue weighted by molar-refractivity contribution is -0.143. The van der Waals surface area contributed by atoms with E-state index in [1.54, 1.807) is 26.0 Å². The number of rotatable bonds is 14. The summed E-state index contributed by atoms with van der Waals surface area (Å²) in [6.07, 6.45) is -0.0743. The van der Waals surface area contributed by atoms with Gasteiger partial charge in [0, 0.05) is 6.42 Å². The number of benzene rings is 1. The van der Waals surface area contributed by atoms with Crippen molar-refractivity contribution in [3.8, 4) is 5.75 Å². The number of aromatic hydroxyl groups is 1. The van der Waals surface area contributed by atoms with Gasteiger partial charge in [-0.25, -0.2) is 4.79 Å². The molecule has 194 valence electrons. The maximum Gasteiger partial charge on any atom is 0.326 e. The molecule has 3 amide bonds. The summed E-state index contributed by atoms with van der Waals surface area (Å²) in [6.45, 7) is 4.79. The van der Waals surface area contributed by atoms with Crippen molar-refractivity contribution >= 4 is 29.7 Å². The second kappa shape index (κ2) is 13.9. The van der Waals surface area contributed by atoms with Gasteiger partial charge >= 0.3 is 11.9 Å². The normalized spacial score (nSPS) is 15.1. The molecule has 35 heavy (non-hydrogen) atoms. The van der Waals surface area contributed by atoms with Gasteiger partial charge in [-0.2, -0.15) is 0 Å². The number of nitrogens with two attached hydrogens (primary N) is 1. The van der Waals surface area contributed by atoms with Gasteiger partial charge in [-0.1, -0.05) is 32.4 Å². The quantitative estimate of drug-likeness (QED) is 0.181. The molecule has 5 unspecified atom stereocenters. The van der Waals surface area contributed by atoms with Gasteiger partial charge in [-0.05, 0) is 43.4 Å². The summed E-state index contributed by atoms with van der Waals surface area (Å²) in [5, 5.41) is 34.9. The third-order valence-electron chi connectivity index (χ3n) is 5.54. The highest BCUT2D eigenvalue weighted by Gasteiger charge is 2.30. The van der Waals surface area contributed by atoms with Crippen LogP contribution in [0.4, 0.5) is 0 Å². The fraction of sp³-hybridized carbons (Fsp3) is 0.522. The summed E-state index contributed by atoms with van der Waals surface area (Å²) in [6, 6.07) is 1.40. The van der Waals surface area contributed by atoms with E-state index in [0.29, 0.717) is 12.0 Å². The Morgan fingerprint density at radius 2 is 1.51 bits per heavy atom. The van der Waals surface area contributed by atoms with Crippen molar-refractivity contribution in [2.24, 2.45) is 11.7 Å². The highest BCUT2D eigenvalue weighted by atomic mass is 16.4. The summed E-state index contributed by atoms with van der Waals surface area (Å²) < 4.78 is 0. The lowest BCUT2D eigenvalue weighted by Gasteiger charge is -2.25. The largest absolute Gasteiger partial charge is 0.508 e. The van der Waals surface area contributed by atoms with Crippen molar-refractivity contribution in [1.82, 2.24) is 16.0 Å². The van der Waals surface area contributed by atoms with Gasteiger partial charge in [-0.15, -0.1) is 0 Å². The molecule has 12 heteroatoms. The molecule has 1 rings (SSSR count). The maximum absolute atomic E-state index is 12.8. The summed E-state index contributed by atoms with van der Waals surface area (Å²) in [5.74, 6) is -4.95. The lowest BCUT2D eigenvalue weighted by Crippen LogP contribution is -2.57. The van der Waals surface area contributed by atoms with Gasteiger partial charge in [0.25, 0.3) is 0 Å². The predicted octanol–water partition coefficient (Wildman–Crippen LogP) is -0.268. The minimum absolute atomic E-state index is 0.0502. The number of hydrogen-bond acceptors (Lipinski definition) is 7. The molecule has 1 aromatic carbocycles. The van der Waals surface area contributed by atoms with Crippen LogP contribution in [0.25, 0.3) is 0 Å². The number of phenolic OH excluding ortho intramolecular Hbond substituents is 1. The maximum atomic E-state index is 12.8. The van der Waals surface area contributed by atoms with E-state index >= 15 is 0 Å². The smallest absolute Gasteiger partial charge is 0.326 e. The van der Waals surface area contributed by atoms with E-state index in [1.807, 2.05) is 0 Å². The number of carbonyl (C=O) groups is 5. The van der Waals surface area contributed by atoms with Crippen molar-refractivity contribution in [2.75, 3.05) is 0 Å². The van der Waals surface area contributed by atoms with E-state index in [9.17, 15) is 34.2 Å². The molecule has 0 spiro atoms. The molecule has 0 saturated heterocycles. The van der Waals surface area contributed by atoms with Gasteiger partial charge in [0.1, 0.15) is 23.9 Å². The molecule has 0 bridgehead atoms. The van der Waals surface area contributed by atoms with Crippen molar-refractivity contribution in [2.45, 2.75) is 70.6 Å². The Kier molecular flexibility index (Phi) is 11.7. The fourth-order valence-corrected chi connectivity index (χ4v) is 3.13. The van der Waals surface area contributed by atoms with E-state index in [1.165, 1.54) is 19.1 Å². The number of carbonyl (C=O) groups excluding carboxylic acids is 3. The second-order valence-electron chi connectivity index (χ2n) is 8.41. The van der Waals surface area contributed by atoms with E-state index in [2.05, 4.69) is 16.0 Å². The third kappa shape index (κ3) is 10.0. The first kappa shape index (κ1) is 29.4. The Balaban J connectivity index is 2.83. The molecule has 1 aromatic rings. The molecule has 0 aliphatic rings. The molecular weight excluding hydrogens is 460 g/mol. The zero-order valence-corrected chi connectivity index (χ0v) is 20.0. The Morgan fingerprint density at radius 3 is 2.03 bits per heavy atom. The topological polar surface area (TPSA) is 208 Å². The van der Waals surface area contributed by atoms with Gasteiger partial charge in [0.2, 0.25) is 17.7 Å². The summed E-state index contributed by atoms with van der Waals surface area (Å²) in [4.78, 5) is 60.2. The van der Waals surface area contributed by atoms with E-state index in [4.69, 9.17) is 10.8 Å². The van der Waals surface area contributed by atoms with Crippen molar-refractivity contribution in [3.05, 3.63) is 29.8 Å². The van der Waals surface area contributed by atoms with Crippen molar-refractivity contribution in [3.63, 3.8) is 0 Å². The Morgan fingerprint density at radius 1 is 0.914 bits per heavy atom. The first-order valence-corrected chi connectivity index (χ1v) is 11.2. The van der Waals surface area contributed by atoms with E-state index < -0.39 is 60.2 Å². The monoisotopic (exact) mass is 494 g/mol. The molecule has 0 fully saturated rings. The number of phenols is 1. The molecular formula is C23H34N4O8. The number of carboxylic acid groups (broad SMARTS) is 2. The van der Waals surface area contributed by atoms with E-state index in [-0.39, 0.29) is 24.5 Å². The number of carboxylic acids is 2. The van der Waals surface area contributed by atoms with Gasteiger partial charge in [0.15, 0.2) is 0 Å². The minimum atomic E-state index is -1.29. The Bertz CT molecular complexity index is 905. The molecule has 0 radical (unpaired) electrons. The van der Waals surface area contributed by atoms with Crippen LogP contribution in [0.2, 0.25) is 0 Å². The van der Waals surface area contributed by atoms with Crippen LogP contribution in [0.15, 0.2) is 24.3 Å². The molecule has 0 aromatic heterocycles. The molecule has 12 nitrogen and oxygen atoms in total. The molecule has 0 saturated carbocycles.